The van der Waals surface area contributed by atoms with E-state index in [1.807, 2.05) is 6.07 Å². The Balaban J connectivity index is 2.27. The van der Waals surface area contributed by atoms with Crippen molar-refractivity contribution in [3.05, 3.63) is 76.2 Å². The van der Waals surface area contributed by atoms with Gasteiger partial charge in [0.25, 0.3) is 0 Å². The van der Waals surface area contributed by atoms with Gasteiger partial charge in [0, 0.05) is 16.0 Å². The van der Waals surface area contributed by atoms with Crippen LogP contribution < -0.4 is 5.32 Å². The van der Waals surface area contributed by atoms with E-state index in [-0.39, 0.29) is 12.3 Å². The van der Waals surface area contributed by atoms with Crippen molar-refractivity contribution in [2.45, 2.75) is 0 Å². The number of carbonyl (C=O) groups excluding carboxylic acids is 2. The fraction of sp³-hybridized carbons (Fsp3) is 0.0667. The first kappa shape index (κ1) is 14.3. The quantitative estimate of drug-likeness (QED) is 0.394. The van der Waals surface area contributed by atoms with Gasteiger partial charge in [0.1, 0.15) is 6.54 Å². The van der Waals surface area contributed by atoms with E-state index in [0.717, 1.165) is 0 Å². The molecule has 0 saturated heterocycles. The highest BCUT2D eigenvalue weighted by atomic mass is 16.2. The van der Waals surface area contributed by atoms with Gasteiger partial charge >= 0.3 is 0 Å². The molecule has 6 nitrogen and oxygen atoms in total. The Hall–Kier alpha value is -3.11. The molecule has 0 atom stereocenters. The summed E-state index contributed by atoms with van der Waals surface area (Å²) in [5.41, 5.74) is 9.51. The summed E-state index contributed by atoms with van der Waals surface area (Å²) in [6.45, 7) is -0.315. The van der Waals surface area contributed by atoms with E-state index >= 15 is 0 Å². The maximum atomic E-state index is 12.4. The van der Waals surface area contributed by atoms with Crippen LogP contribution in [0.15, 0.2) is 59.7 Å². The minimum absolute atomic E-state index is 0.185. The third kappa shape index (κ3) is 3.68. The Labute approximate surface area is 121 Å². The molecule has 104 valence electrons. The Kier molecular flexibility index (Phi) is 4.69. The number of para-hydroxylation sites is 1. The summed E-state index contributed by atoms with van der Waals surface area (Å²) in [4.78, 5) is 26.5. The van der Waals surface area contributed by atoms with Crippen LogP contribution in [-0.4, -0.2) is 18.2 Å². The summed E-state index contributed by atoms with van der Waals surface area (Å²) in [5.74, 6) is -0.656. The van der Waals surface area contributed by atoms with E-state index in [9.17, 15) is 9.59 Å². The summed E-state index contributed by atoms with van der Waals surface area (Å²) < 4.78 is 0. The van der Waals surface area contributed by atoms with Crippen molar-refractivity contribution in [3.63, 3.8) is 0 Å². The van der Waals surface area contributed by atoms with Crippen LogP contribution in [0.25, 0.3) is 10.4 Å². The molecular weight excluding hydrogens is 268 g/mol. The van der Waals surface area contributed by atoms with Crippen molar-refractivity contribution >= 4 is 17.4 Å². The number of hydrogen-bond donors (Lipinski definition) is 1. The number of benzene rings is 2. The molecule has 1 N–H and O–H groups in total. The molecule has 0 saturated carbocycles. The third-order valence-electron chi connectivity index (χ3n) is 2.76. The number of hydrogen-bond acceptors (Lipinski definition) is 3. The fourth-order valence-electron chi connectivity index (χ4n) is 1.82. The van der Waals surface area contributed by atoms with Gasteiger partial charge in [-0.3, -0.25) is 9.59 Å². The lowest BCUT2D eigenvalue weighted by molar-refractivity contribution is -0.114. The van der Waals surface area contributed by atoms with E-state index in [1.54, 1.807) is 48.5 Å². The van der Waals surface area contributed by atoms with Gasteiger partial charge in [-0.25, -0.2) is 0 Å². The highest BCUT2D eigenvalue weighted by Gasteiger charge is 2.14. The Morgan fingerprint density at radius 2 is 1.71 bits per heavy atom. The molecule has 0 bridgehead atoms. The molecule has 0 aliphatic rings. The molecule has 6 heteroatoms. The smallest absolute Gasteiger partial charge is 0.230 e. The van der Waals surface area contributed by atoms with Gasteiger partial charge in [0.05, 0.1) is 5.69 Å². The minimum Gasteiger partial charge on any atom is -0.325 e. The van der Waals surface area contributed by atoms with Crippen LogP contribution in [0.2, 0.25) is 0 Å². The predicted molar refractivity (Wildman–Crippen MR) is 79.0 cm³/mol. The zero-order valence-electron chi connectivity index (χ0n) is 11.1. The topological polar surface area (TPSA) is 94.9 Å². The normalized spacial score (nSPS) is 9.52. The number of azide groups is 1. The van der Waals surface area contributed by atoms with Gasteiger partial charge in [-0.15, -0.1) is 0 Å². The second-order valence-corrected chi connectivity index (χ2v) is 4.18. The van der Waals surface area contributed by atoms with Crippen molar-refractivity contribution in [1.82, 2.24) is 0 Å². The molecule has 0 aromatic heterocycles. The van der Waals surface area contributed by atoms with Crippen LogP contribution in [-0.2, 0) is 4.79 Å². The third-order valence-corrected chi connectivity index (χ3v) is 2.76. The maximum absolute atomic E-state index is 12.4. The van der Waals surface area contributed by atoms with Crippen molar-refractivity contribution in [3.8, 4) is 0 Å². The first-order valence-corrected chi connectivity index (χ1v) is 6.22. The average molecular weight is 280 g/mol. The van der Waals surface area contributed by atoms with Crippen LogP contribution in [0.3, 0.4) is 0 Å². The lowest BCUT2D eigenvalue weighted by atomic mass is 10.0. The van der Waals surface area contributed by atoms with E-state index in [0.29, 0.717) is 16.8 Å². The molecule has 2 aromatic rings. The van der Waals surface area contributed by atoms with Gasteiger partial charge in [0.2, 0.25) is 5.91 Å². The Morgan fingerprint density at radius 1 is 1.05 bits per heavy atom. The Bertz CT molecular complexity index is 707. The van der Waals surface area contributed by atoms with Crippen LogP contribution in [0.5, 0.6) is 0 Å². The van der Waals surface area contributed by atoms with Gasteiger partial charge in [0.15, 0.2) is 5.78 Å². The summed E-state index contributed by atoms with van der Waals surface area (Å²) in [5, 5.41) is 5.76. The largest absolute Gasteiger partial charge is 0.325 e. The minimum atomic E-state index is -0.471. The average Bonchev–Trinajstić information content (AvgIpc) is 2.53. The van der Waals surface area contributed by atoms with Crippen molar-refractivity contribution in [2.75, 3.05) is 11.9 Å². The standard InChI is InChI=1S/C15H12N4O2/c16-19-17-10-14(20)18-13-9-5-4-8-12(13)15(21)11-6-2-1-3-7-11/h1-9H,10H2,(H,18,20). The summed E-state index contributed by atoms with van der Waals surface area (Å²) in [6.07, 6.45) is 0. The van der Waals surface area contributed by atoms with E-state index in [1.165, 1.54) is 0 Å². The number of amides is 1. The molecule has 0 heterocycles. The molecule has 0 radical (unpaired) electrons. The molecule has 1 amide bonds. The molecule has 0 aliphatic heterocycles. The first-order chi connectivity index (χ1) is 10.2. The monoisotopic (exact) mass is 280 g/mol. The molecular formula is C15H12N4O2. The SMILES string of the molecule is [N-]=[N+]=NCC(=O)Nc1ccccc1C(=O)c1ccccc1. The van der Waals surface area contributed by atoms with Gasteiger partial charge < -0.3 is 5.32 Å². The van der Waals surface area contributed by atoms with Crippen LogP contribution >= 0.6 is 0 Å². The molecule has 2 rings (SSSR count). The molecule has 0 fully saturated rings. The number of anilines is 1. The van der Waals surface area contributed by atoms with Gasteiger partial charge in [-0.05, 0) is 17.7 Å². The van der Waals surface area contributed by atoms with Crippen LogP contribution in [0.4, 0.5) is 5.69 Å². The van der Waals surface area contributed by atoms with Crippen LogP contribution in [0, 0.1) is 0 Å². The lowest BCUT2D eigenvalue weighted by Gasteiger charge is -2.09. The molecule has 0 aliphatic carbocycles. The Morgan fingerprint density at radius 3 is 2.43 bits per heavy atom. The summed E-state index contributed by atoms with van der Waals surface area (Å²) in [6, 6.07) is 15.5. The lowest BCUT2D eigenvalue weighted by Crippen LogP contribution is -2.17. The van der Waals surface area contributed by atoms with E-state index < -0.39 is 5.91 Å². The van der Waals surface area contributed by atoms with E-state index in [2.05, 4.69) is 15.3 Å². The van der Waals surface area contributed by atoms with Crippen molar-refractivity contribution in [2.24, 2.45) is 5.11 Å². The van der Waals surface area contributed by atoms with Crippen LogP contribution in [0.1, 0.15) is 15.9 Å². The highest BCUT2D eigenvalue weighted by Crippen LogP contribution is 2.19. The predicted octanol–water partition coefficient (Wildman–Crippen LogP) is 3.17. The summed E-state index contributed by atoms with van der Waals surface area (Å²) >= 11 is 0. The van der Waals surface area contributed by atoms with E-state index in [4.69, 9.17) is 5.53 Å². The molecule has 0 spiro atoms. The highest BCUT2D eigenvalue weighted by molar-refractivity contribution is 6.13. The zero-order valence-corrected chi connectivity index (χ0v) is 11.1. The molecule has 2 aromatic carbocycles. The zero-order chi connectivity index (χ0) is 15.1. The van der Waals surface area contributed by atoms with Gasteiger partial charge in [-0.2, -0.15) is 0 Å². The number of ketones is 1. The number of carbonyl (C=O) groups is 2. The second-order valence-electron chi connectivity index (χ2n) is 4.18. The fourth-order valence-corrected chi connectivity index (χ4v) is 1.82. The maximum Gasteiger partial charge on any atom is 0.230 e. The molecule has 0 unspecified atom stereocenters. The number of nitrogens with zero attached hydrogens (tertiary/aromatic N) is 3. The van der Waals surface area contributed by atoms with Crippen molar-refractivity contribution < 1.29 is 9.59 Å². The second kappa shape index (κ2) is 6.88. The number of rotatable bonds is 5. The van der Waals surface area contributed by atoms with Crippen molar-refractivity contribution in [1.29, 1.82) is 0 Å². The first-order valence-electron chi connectivity index (χ1n) is 6.22. The van der Waals surface area contributed by atoms with Gasteiger partial charge in [-0.1, -0.05) is 47.6 Å². The molecule has 21 heavy (non-hydrogen) atoms. The number of nitrogens with one attached hydrogen (secondary N) is 1. The summed E-state index contributed by atoms with van der Waals surface area (Å²) in [7, 11) is 0.